The molecule has 0 spiro atoms. The summed E-state index contributed by atoms with van der Waals surface area (Å²) in [4.78, 5) is 31.3. The minimum absolute atomic E-state index is 0. The molecule has 0 N–H and O–H groups in total. The molecule has 8 heteroatoms. The minimum Gasteiger partial charge on any atom is -1.00 e. The Labute approximate surface area is 145 Å². The lowest BCUT2D eigenvalue weighted by molar-refractivity contribution is -0.00000512. The third-order valence-corrected chi connectivity index (χ3v) is 3.86. The van der Waals surface area contributed by atoms with Gasteiger partial charge in [-0.1, -0.05) is 26.0 Å². The Morgan fingerprint density at radius 2 is 2.00 bits per heavy atom. The lowest BCUT2D eigenvalue weighted by Crippen LogP contribution is -3.00. The molecule has 2 aromatic heterocycles. The van der Waals surface area contributed by atoms with Crippen LogP contribution in [0.15, 0.2) is 40.3 Å². The molecule has 7 nitrogen and oxygen atoms in total. The first-order valence-electron chi connectivity index (χ1n) is 7.71. The molecule has 1 aliphatic heterocycles. The van der Waals surface area contributed by atoms with Crippen molar-refractivity contribution in [1.29, 1.82) is 0 Å². The van der Waals surface area contributed by atoms with Gasteiger partial charge in [0.2, 0.25) is 0 Å². The van der Waals surface area contributed by atoms with Crippen LogP contribution < -0.4 is 23.7 Å². The maximum atomic E-state index is 12.5. The van der Waals surface area contributed by atoms with E-state index in [-0.39, 0.29) is 29.6 Å². The fourth-order valence-electron chi connectivity index (χ4n) is 2.75. The van der Waals surface area contributed by atoms with Gasteiger partial charge in [0, 0.05) is 26.3 Å². The first-order chi connectivity index (χ1) is 11.0. The van der Waals surface area contributed by atoms with Gasteiger partial charge in [-0.3, -0.25) is 13.9 Å². The van der Waals surface area contributed by atoms with Gasteiger partial charge in [-0.05, 0) is 12.0 Å². The minimum atomic E-state index is -0.317. The van der Waals surface area contributed by atoms with Gasteiger partial charge in [-0.15, -0.1) is 0 Å². The number of allylic oxidation sites excluding steroid dienone is 2. The van der Waals surface area contributed by atoms with Crippen LogP contribution in [0.5, 0.6) is 0 Å². The van der Waals surface area contributed by atoms with Crippen molar-refractivity contribution in [3.05, 3.63) is 51.6 Å². The summed E-state index contributed by atoms with van der Waals surface area (Å²) in [6.07, 6.45) is 9.60. The average Bonchev–Trinajstić information content (AvgIpc) is 2.94. The van der Waals surface area contributed by atoms with E-state index >= 15 is 0 Å². The number of hydrogen-bond acceptors (Lipinski definition) is 4. The quantitative estimate of drug-likeness (QED) is 0.633. The van der Waals surface area contributed by atoms with E-state index in [0.29, 0.717) is 24.4 Å². The molecule has 0 amide bonds. The van der Waals surface area contributed by atoms with Gasteiger partial charge in [0.15, 0.2) is 11.2 Å². The van der Waals surface area contributed by atoms with E-state index in [4.69, 9.17) is 0 Å². The van der Waals surface area contributed by atoms with Crippen LogP contribution in [-0.4, -0.2) is 30.1 Å². The lowest BCUT2D eigenvalue weighted by atomic mass is 10.2. The predicted octanol–water partition coefficient (Wildman–Crippen LogP) is -2.10. The molecule has 24 heavy (non-hydrogen) atoms. The summed E-state index contributed by atoms with van der Waals surface area (Å²) in [5.74, 6) is 0.286. The molecule has 2 aromatic rings. The second-order valence-electron chi connectivity index (χ2n) is 6.22. The second-order valence-corrected chi connectivity index (χ2v) is 6.22. The summed E-state index contributed by atoms with van der Waals surface area (Å²) < 4.78 is 4.55. The Balaban J connectivity index is 0.00000208. The number of fused-ring (bicyclic) bond motifs is 1. The van der Waals surface area contributed by atoms with E-state index in [1.54, 1.807) is 15.5 Å². The van der Waals surface area contributed by atoms with Crippen molar-refractivity contribution in [1.82, 2.24) is 23.6 Å². The molecule has 0 saturated carbocycles. The zero-order valence-corrected chi connectivity index (χ0v) is 14.8. The summed E-state index contributed by atoms with van der Waals surface area (Å²) in [7, 11) is 1.52. The van der Waals surface area contributed by atoms with Crippen molar-refractivity contribution in [2.75, 3.05) is 6.54 Å². The highest BCUT2D eigenvalue weighted by atomic mass is 35.5. The molecule has 0 saturated heterocycles. The summed E-state index contributed by atoms with van der Waals surface area (Å²) in [5, 5.41) is 0. The van der Waals surface area contributed by atoms with E-state index in [1.807, 2.05) is 38.3 Å². The number of halogens is 1. The Bertz CT molecular complexity index is 904. The van der Waals surface area contributed by atoms with Crippen molar-refractivity contribution in [2.45, 2.75) is 27.1 Å². The molecule has 3 heterocycles. The fourth-order valence-corrected chi connectivity index (χ4v) is 2.75. The normalized spacial score (nSPS) is 13.8. The molecular weight excluding hydrogens is 330 g/mol. The van der Waals surface area contributed by atoms with Crippen LogP contribution in [0.2, 0.25) is 0 Å². The van der Waals surface area contributed by atoms with Crippen molar-refractivity contribution in [2.24, 2.45) is 13.0 Å². The number of aromatic nitrogens is 4. The van der Waals surface area contributed by atoms with Crippen LogP contribution in [0.25, 0.3) is 11.2 Å². The monoisotopic (exact) mass is 350 g/mol. The molecule has 0 aliphatic carbocycles. The maximum absolute atomic E-state index is 12.5. The van der Waals surface area contributed by atoms with Gasteiger partial charge in [0.25, 0.3) is 5.56 Å². The Hall–Kier alpha value is -2.28. The SMILES string of the molecule is CC(C)Cn1c(=O)n(C)c(=O)c2c1ncn2CN1C=CC=CC1.[Cl-]. The Morgan fingerprint density at radius 1 is 1.25 bits per heavy atom. The van der Waals surface area contributed by atoms with E-state index in [1.165, 1.54) is 7.05 Å². The summed E-state index contributed by atoms with van der Waals surface area (Å²) in [6, 6.07) is 0. The molecule has 130 valence electrons. The van der Waals surface area contributed by atoms with Crippen LogP contribution in [0, 0.1) is 5.92 Å². The highest BCUT2D eigenvalue weighted by molar-refractivity contribution is 5.70. The molecule has 0 atom stereocenters. The standard InChI is InChI=1S/C16H21N5O2.ClH/c1-12(2)9-21-14-13(15(22)18(3)16(21)23)20(10-17-14)11-19-7-5-4-6-8-19;/h4-7,10,12H,8-9,11H2,1-3H3;1H/p-1. The maximum Gasteiger partial charge on any atom is 0.332 e. The van der Waals surface area contributed by atoms with Crippen LogP contribution in [0.1, 0.15) is 13.8 Å². The van der Waals surface area contributed by atoms with E-state index in [2.05, 4.69) is 9.88 Å². The number of imidazole rings is 1. The van der Waals surface area contributed by atoms with Crippen molar-refractivity contribution in [3.8, 4) is 0 Å². The zero-order valence-electron chi connectivity index (χ0n) is 14.0. The highest BCUT2D eigenvalue weighted by Crippen LogP contribution is 2.11. The van der Waals surface area contributed by atoms with Gasteiger partial charge in [0.05, 0.1) is 13.0 Å². The molecular formula is C16H21ClN5O2-. The predicted molar refractivity (Wildman–Crippen MR) is 89.1 cm³/mol. The van der Waals surface area contributed by atoms with Crippen molar-refractivity contribution in [3.63, 3.8) is 0 Å². The number of rotatable bonds is 4. The van der Waals surface area contributed by atoms with Gasteiger partial charge >= 0.3 is 5.69 Å². The fraction of sp³-hybridized carbons (Fsp3) is 0.438. The first kappa shape index (κ1) is 18.1. The van der Waals surface area contributed by atoms with Crippen molar-refractivity contribution >= 4 is 11.2 Å². The second kappa shape index (κ2) is 7.09. The van der Waals surface area contributed by atoms with Crippen LogP contribution in [0.3, 0.4) is 0 Å². The van der Waals surface area contributed by atoms with Crippen LogP contribution in [-0.2, 0) is 20.3 Å². The molecule has 0 aromatic carbocycles. The topological polar surface area (TPSA) is 65.1 Å². The molecule has 3 rings (SSSR count). The van der Waals surface area contributed by atoms with Crippen molar-refractivity contribution < 1.29 is 12.4 Å². The van der Waals surface area contributed by atoms with Crippen LogP contribution in [0.4, 0.5) is 0 Å². The zero-order chi connectivity index (χ0) is 16.6. The Morgan fingerprint density at radius 3 is 2.62 bits per heavy atom. The molecule has 0 bridgehead atoms. The van der Waals surface area contributed by atoms with E-state index in [0.717, 1.165) is 11.1 Å². The Kier molecular flexibility index (Phi) is 5.33. The number of nitrogens with zero attached hydrogens (tertiary/aromatic N) is 5. The van der Waals surface area contributed by atoms with Gasteiger partial charge < -0.3 is 21.9 Å². The lowest BCUT2D eigenvalue weighted by Gasteiger charge is -2.21. The smallest absolute Gasteiger partial charge is 0.332 e. The molecule has 0 unspecified atom stereocenters. The largest absolute Gasteiger partial charge is 1.00 e. The van der Waals surface area contributed by atoms with E-state index in [9.17, 15) is 9.59 Å². The molecule has 0 radical (unpaired) electrons. The third kappa shape index (κ3) is 3.17. The van der Waals surface area contributed by atoms with Gasteiger partial charge in [-0.25, -0.2) is 9.78 Å². The summed E-state index contributed by atoms with van der Waals surface area (Å²) in [5.41, 5.74) is 0.306. The average molecular weight is 351 g/mol. The van der Waals surface area contributed by atoms with E-state index < -0.39 is 0 Å². The highest BCUT2D eigenvalue weighted by Gasteiger charge is 2.17. The molecule has 1 aliphatic rings. The first-order valence-corrected chi connectivity index (χ1v) is 7.71. The number of hydrogen-bond donors (Lipinski definition) is 0. The molecule has 0 fully saturated rings. The van der Waals surface area contributed by atoms with Gasteiger partial charge in [0.1, 0.15) is 0 Å². The van der Waals surface area contributed by atoms with Crippen LogP contribution >= 0.6 is 0 Å². The summed E-state index contributed by atoms with van der Waals surface area (Å²) in [6.45, 7) is 5.90. The summed E-state index contributed by atoms with van der Waals surface area (Å²) >= 11 is 0. The van der Waals surface area contributed by atoms with Gasteiger partial charge in [-0.2, -0.15) is 0 Å². The third-order valence-electron chi connectivity index (χ3n) is 3.86.